The minimum absolute atomic E-state index is 0.0409. The molecule has 2 amide bonds. The van der Waals surface area contributed by atoms with Gasteiger partial charge in [0.05, 0.1) is 0 Å². The van der Waals surface area contributed by atoms with E-state index in [4.69, 9.17) is 11.6 Å². The molecule has 0 radical (unpaired) electrons. The maximum atomic E-state index is 12.6. The molecule has 2 aromatic rings. The van der Waals surface area contributed by atoms with Gasteiger partial charge in [-0.05, 0) is 24.5 Å². The van der Waals surface area contributed by atoms with E-state index in [2.05, 4.69) is 5.32 Å². The molecule has 25 heavy (non-hydrogen) atoms. The van der Waals surface area contributed by atoms with E-state index in [9.17, 15) is 9.59 Å². The number of rotatable bonds is 6. The molecule has 0 saturated carbocycles. The molecule has 1 heterocycles. The summed E-state index contributed by atoms with van der Waals surface area (Å²) in [5, 5.41) is 3.05. The smallest absolute Gasteiger partial charge is 0.278 e. The molecule has 1 atom stereocenters. The summed E-state index contributed by atoms with van der Waals surface area (Å²) < 4.78 is 0. The van der Waals surface area contributed by atoms with Crippen LogP contribution in [0.25, 0.3) is 0 Å². The third kappa shape index (κ3) is 3.74. The molecule has 0 aromatic heterocycles. The Kier molecular flexibility index (Phi) is 5.19. The number of carbonyl (C=O) groups is 2. The minimum atomic E-state index is -0.439. The van der Waals surface area contributed by atoms with Crippen molar-refractivity contribution < 1.29 is 9.59 Å². The van der Waals surface area contributed by atoms with Gasteiger partial charge in [-0.2, -0.15) is 0 Å². The van der Waals surface area contributed by atoms with Crippen LogP contribution in [0, 0.1) is 0 Å². The van der Waals surface area contributed by atoms with Crippen LogP contribution in [0.15, 0.2) is 71.4 Å². The van der Waals surface area contributed by atoms with Gasteiger partial charge in [0.2, 0.25) is 0 Å². The molecule has 2 aromatic carbocycles. The molecule has 5 heteroatoms. The van der Waals surface area contributed by atoms with E-state index in [-0.39, 0.29) is 22.7 Å². The minimum Gasteiger partial charge on any atom is -0.373 e. The molecule has 1 aliphatic heterocycles. The summed E-state index contributed by atoms with van der Waals surface area (Å²) in [6.07, 6.45) is 0.601. The highest BCUT2D eigenvalue weighted by atomic mass is 35.5. The number of nitrogens with one attached hydrogen (secondary N) is 1. The highest BCUT2D eigenvalue weighted by Gasteiger charge is 2.37. The standard InChI is InChI=1S/C20H19ClN2O2/c1-14(16-10-6-3-7-11-16)22-18-17(21)19(24)23(20(18)25)13-12-15-8-4-2-5-9-15/h2-11,14,22H,12-13H2,1H3/t14-/m0/s1. The van der Waals surface area contributed by atoms with Gasteiger partial charge in [-0.15, -0.1) is 0 Å². The topological polar surface area (TPSA) is 49.4 Å². The van der Waals surface area contributed by atoms with E-state index >= 15 is 0 Å². The van der Waals surface area contributed by atoms with Crippen molar-refractivity contribution in [3.8, 4) is 0 Å². The number of carbonyl (C=O) groups excluding carboxylic acids is 2. The first-order valence-electron chi connectivity index (χ1n) is 8.19. The second-order valence-corrected chi connectivity index (χ2v) is 6.34. The lowest BCUT2D eigenvalue weighted by atomic mass is 10.1. The van der Waals surface area contributed by atoms with E-state index in [0.717, 1.165) is 11.1 Å². The van der Waals surface area contributed by atoms with Crippen molar-refractivity contribution >= 4 is 23.4 Å². The summed E-state index contributed by atoms with van der Waals surface area (Å²) in [6.45, 7) is 2.24. The first kappa shape index (κ1) is 17.2. The Bertz CT molecular complexity index is 803. The molecule has 0 saturated heterocycles. The predicted molar refractivity (Wildman–Crippen MR) is 97.7 cm³/mol. The molecule has 3 rings (SSSR count). The molecule has 0 unspecified atom stereocenters. The zero-order valence-corrected chi connectivity index (χ0v) is 14.7. The maximum Gasteiger partial charge on any atom is 0.278 e. The molecule has 1 N–H and O–H groups in total. The van der Waals surface area contributed by atoms with E-state index < -0.39 is 5.91 Å². The molecular weight excluding hydrogens is 336 g/mol. The normalized spacial score (nSPS) is 15.7. The number of hydrogen-bond donors (Lipinski definition) is 1. The Morgan fingerprint density at radius 2 is 1.56 bits per heavy atom. The lowest BCUT2D eigenvalue weighted by Gasteiger charge is -2.18. The van der Waals surface area contributed by atoms with Gasteiger partial charge >= 0.3 is 0 Å². The van der Waals surface area contributed by atoms with Gasteiger partial charge < -0.3 is 5.32 Å². The Morgan fingerprint density at radius 1 is 0.960 bits per heavy atom. The molecule has 0 fully saturated rings. The zero-order valence-electron chi connectivity index (χ0n) is 13.9. The van der Waals surface area contributed by atoms with Crippen LogP contribution in [0.3, 0.4) is 0 Å². The Hall–Kier alpha value is -2.59. The van der Waals surface area contributed by atoms with Gasteiger partial charge in [-0.3, -0.25) is 14.5 Å². The lowest BCUT2D eigenvalue weighted by Crippen LogP contribution is -2.35. The number of hydrogen-bond acceptors (Lipinski definition) is 3. The van der Waals surface area contributed by atoms with Crippen LogP contribution in [0.2, 0.25) is 0 Å². The number of amides is 2. The summed E-state index contributed by atoms with van der Waals surface area (Å²) in [7, 11) is 0. The number of imide groups is 1. The van der Waals surface area contributed by atoms with Gasteiger partial charge in [0.15, 0.2) is 0 Å². The van der Waals surface area contributed by atoms with Gasteiger partial charge in [-0.1, -0.05) is 72.3 Å². The zero-order chi connectivity index (χ0) is 17.8. The SMILES string of the molecule is C[C@H](NC1=C(Cl)C(=O)N(CCc2ccccc2)C1=O)c1ccccc1. The van der Waals surface area contributed by atoms with E-state index in [1.165, 1.54) is 4.90 Å². The molecule has 0 spiro atoms. The van der Waals surface area contributed by atoms with Gasteiger partial charge in [-0.25, -0.2) is 0 Å². The predicted octanol–water partition coefficient (Wildman–Crippen LogP) is 3.40. The van der Waals surface area contributed by atoms with Crippen LogP contribution in [0.4, 0.5) is 0 Å². The van der Waals surface area contributed by atoms with Crippen LogP contribution in [-0.4, -0.2) is 23.3 Å². The average Bonchev–Trinajstić information content (AvgIpc) is 2.85. The van der Waals surface area contributed by atoms with Crippen molar-refractivity contribution in [3.63, 3.8) is 0 Å². The largest absolute Gasteiger partial charge is 0.373 e. The summed E-state index contributed by atoms with van der Waals surface area (Å²) in [5.41, 5.74) is 2.26. The third-order valence-corrected chi connectivity index (χ3v) is 4.59. The molecule has 0 bridgehead atoms. The fourth-order valence-electron chi connectivity index (χ4n) is 2.80. The van der Waals surface area contributed by atoms with Crippen molar-refractivity contribution in [3.05, 3.63) is 82.5 Å². The molecule has 0 aliphatic carbocycles. The highest BCUT2D eigenvalue weighted by molar-refractivity contribution is 6.47. The van der Waals surface area contributed by atoms with Crippen molar-refractivity contribution in [2.75, 3.05) is 6.54 Å². The Morgan fingerprint density at radius 3 is 2.20 bits per heavy atom. The van der Waals surface area contributed by atoms with Crippen molar-refractivity contribution in [2.24, 2.45) is 0 Å². The summed E-state index contributed by atoms with van der Waals surface area (Å²) in [6, 6.07) is 19.3. The maximum absolute atomic E-state index is 12.6. The molecule has 4 nitrogen and oxygen atoms in total. The average molecular weight is 355 g/mol. The third-order valence-electron chi connectivity index (χ3n) is 4.24. The van der Waals surface area contributed by atoms with E-state index in [1.807, 2.05) is 67.6 Å². The van der Waals surface area contributed by atoms with Crippen molar-refractivity contribution in [2.45, 2.75) is 19.4 Å². The second kappa shape index (κ2) is 7.53. The van der Waals surface area contributed by atoms with Crippen molar-refractivity contribution in [1.82, 2.24) is 10.2 Å². The van der Waals surface area contributed by atoms with Crippen LogP contribution in [0.5, 0.6) is 0 Å². The molecule has 1 aliphatic rings. The second-order valence-electron chi connectivity index (χ2n) is 5.96. The van der Waals surface area contributed by atoms with Gasteiger partial charge in [0.25, 0.3) is 11.8 Å². The Labute approximate surface area is 152 Å². The summed E-state index contributed by atoms with van der Waals surface area (Å²) >= 11 is 6.14. The summed E-state index contributed by atoms with van der Waals surface area (Å²) in [4.78, 5) is 26.2. The first-order valence-corrected chi connectivity index (χ1v) is 8.57. The molecular formula is C20H19ClN2O2. The number of halogens is 1. The monoisotopic (exact) mass is 354 g/mol. The van der Waals surface area contributed by atoms with E-state index in [0.29, 0.717) is 13.0 Å². The molecule has 128 valence electrons. The van der Waals surface area contributed by atoms with Crippen molar-refractivity contribution in [1.29, 1.82) is 0 Å². The number of benzene rings is 2. The fourth-order valence-corrected chi connectivity index (χ4v) is 3.04. The first-order chi connectivity index (χ1) is 12.1. The fraction of sp³-hybridized carbons (Fsp3) is 0.200. The van der Waals surface area contributed by atoms with Gasteiger partial charge in [0, 0.05) is 12.6 Å². The lowest BCUT2D eigenvalue weighted by molar-refractivity contribution is -0.137. The Balaban J connectivity index is 1.69. The number of nitrogens with zero attached hydrogens (tertiary/aromatic N) is 1. The van der Waals surface area contributed by atoms with Crippen LogP contribution >= 0.6 is 11.6 Å². The van der Waals surface area contributed by atoms with Gasteiger partial charge in [0.1, 0.15) is 10.7 Å². The van der Waals surface area contributed by atoms with E-state index in [1.54, 1.807) is 0 Å². The van der Waals surface area contributed by atoms with Crippen LogP contribution in [0.1, 0.15) is 24.1 Å². The highest BCUT2D eigenvalue weighted by Crippen LogP contribution is 2.25. The summed E-state index contributed by atoms with van der Waals surface area (Å²) in [5.74, 6) is -0.806. The van der Waals surface area contributed by atoms with Crippen LogP contribution < -0.4 is 5.32 Å². The van der Waals surface area contributed by atoms with Crippen LogP contribution in [-0.2, 0) is 16.0 Å². The quantitative estimate of drug-likeness (QED) is 0.809.